The molecule has 0 aliphatic rings. The molecule has 0 saturated heterocycles. The molecule has 0 saturated carbocycles. The van der Waals surface area contributed by atoms with Gasteiger partial charge in [-0.15, -0.1) is 0 Å². The van der Waals surface area contributed by atoms with E-state index in [4.69, 9.17) is 16.7 Å². The lowest BCUT2D eigenvalue weighted by Crippen LogP contribution is -1.78. The summed E-state index contributed by atoms with van der Waals surface area (Å²) in [5.41, 5.74) is 0.454. The molecule has 1 N–H and O–H groups in total. The van der Waals surface area contributed by atoms with E-state index >= 15 is 0 Å². The highest BCUT2D eigenvalue weighted by Crippen LogP contribution is 2.06. The molecule has 4 heteroatoms. The third-order valence-corrected chi connectivity index (χ3v) is 0.859. The molecule has 0 fully saturated rings. The Morgan fingerprint density at radius 3 is 2.88 bits per heavy atom. The summed E-state index contributed by atoms with van der Waals surface area (Å²) < 4.78 is 4.55. The second-order valence-electron chi connectivity index (χ2n) is 1.25. The van der Waals surface area contributed by atoms with E-state index < -0.39 is 0 Å². The van der Waals surface area contributed by atoms with Gasteiger partial charge >= 0.3 is 0 Å². The standard InChI is InChI=1S/C4H4ClNO2/c5-4-6-3(1-7)2-8-4/h2,7H,1H2. The Morgan fingerprint density at radius 2 is 2.62 bits per heavy atom. The fourth-order valence-electron chi connectivity index (χ4n) is 0.355. The first-order valence-corrected chi connectivity index (χ1v) is 2.41. The minimum atomic E-state index is -0.129. The Morgan fingerprint density at radius 1 is 1.88 bits per heavy atom. The average Bonchev–Trinajstić information content (AvgIpc) is 2.14. The van der Waals surface area contributed by atoms with Crippen molar-refractivity contribution in [2.75, 3.05) is 0 Å². The summed E-state index contributed by atoms with van der Waals surface area (Å²) in [6, 6.07) is 0. The molecule has 0 aliphatic heterocycles. The Kier molecular flexibility index (Phi) is 1.50. The van der Waals surface area contributed by atoms with Gasteiger partial charge in [-0.1, -0.05) is 0 Å². The van der Waals surface area contributed by atoms with Crippen LogP contribution in [0.1, 0.15) is 5.69 Å². The minimum Gasteiger partial charge on any atom is -0.436 e. The van der Waals surface area contributed by atoms with Gasteiger partial charge in [-0.3, -0.25) is 0 Å². The Balaban J connectivity index is 2.84. The van der Waals surface area contributed by atoms with Gasteiger partial charge in [0.25, 0.3) is 5.35 Å². The van der Waals surface area contributed by atoms with Crippen molar-refractivity contribution < 1.29 is 9.52 Å². The highest BCUT2D eigenvalue weighted by atomic mass is 35.5. The van der Waals surface area contributed by atoms with Gasteiger partial charge in [0.15, 0.2) is 0 Å². The molecule has 0 unspecified atom stereocenters. The van der Waals surface area contributed by atoms with Crippen LogP contribution in [0.5, 0.6) is 0 Å². The van der Waals surface area contributed by atoms with Crippen molar-refractivity contribution in [3.8, 4) is 0 Å². The second kappa shape index (κ2) is 2.15. The SMILES string of the molecule is OCc1coc(Cl)n1. The molecular weight excluding hydrogens is 130 g/mol. The van der Waals surface area contributed by atoms with Crippen LogP contribution in [-0.4, -0.2) is 10.1 Å². The lowest BCUT2D eigenvalue weighted by Gasteiger charge is -1.75. The lowest BCUT2D eigenvalue weighted by molar-refractivity contribution is 0.276. The number of hydrogen-bond acceptors (Lipinski definition) is 3. The predicted molar refractivity (Wildman–Crippen MR) is 27.4 cm³/mol. The van der Waals surface area contributed by atoms with Crippen molar-refractivity contribution in [1.29, 1.82) is 0 Å². The van der Waals surface area contributed by atoms with Crippen LogP contribution in [0.4, 0.5) is 0 Å². The molecule has 1 aromatic heterocycles. The van der Waals surface area contributed by atoms with Crippen LogP contribution < -0.4 is 0 Å². The van der Waals surface area contributed by atoms with Gasteiger partial charge in [-0.25, -0.2) is 4.98 Å². The normalized spacial score (nSPS) is 9.75. The summed E-state index contributed by atoms with van der Waals surface area (Å²) in [5, 5.41) is 8.43. The maximum absolute atomic E-state index is 8.37. The van der Waals surface area contributed by atoms with Crippen molar-refractivity contribution in [2.45, 2.75) is 6.61 Å². The van der Waals surface area contributed by atoms with Gasteiger partial charge in [0.1, 0.15) is 12.0 Å². The number of oxazole rings is 1. The van der Waals surface area contributed by atoms with Crippen LogP contribution in [0.25, 0.3) is 0 Å². The van der Waals surface area contributed by atoms with Crippen LogP contribution >= 0.6 is 11.6 Å². The van der Waals surface area contributed by atoms with Crippen molar-refractivity contribution in [2.24, 2.45) is 0 Å². The van der Waals surface area contributed by atoms with Gasteiger partial charge in [-0.2, -0.15) is 0 Å². The van der Waals surface area contributed by atoms with Gasteiger partial charge < -0.3 is 9.52 Å². The third-order valence-electron chi connectivity index (χ3n) is 0.686. The van der Waals surface area contributed by atoms with Gasteiger partial charge in [0.2, 0.25) is 0 Å². The van der Waals surface area contributed by atoms with Gasteiger partial charge in [0.05, 0.1) is 6.61 Å². The maximum atomic E-state index is 8.37. The first kappa shape index (κ1) is 5.59. The number of aromatic nitrogens is 1. The van der Waals surface area contributed by atoms with Crippen molar-refractivity contribution in [1.82, 2.24) is 4.98 Å². The van der Waals surface area contributed by atoms with E-state index in [2.05, 4.69) is 9.40 Å². The smallest absolute Gasteiger partial charge is 0.292 e. The summed E-state index contributed by atoms with van der Waals surface area (Å²) in [6.45, 7) is -0.129. The fraction of sp³-hybridized carbons (Fsp3) is 0.250. The summed E-state index contributed by atoms with van der Waals surface area (Å²) in [6.07, 6.45) is 1.31. The predicted octanol–water partition coefficient (Wildman–Crippen LogP) is 0.820. The first-order chi connectivity index (χ1) is 3.83. The summed E-state index contributed by atoms with van der Waals surface area (Å²) in [5.74, 6) is 0. The van der Waals surface area contributed by atoms with Crippen molar-refractivity contribution in [3.63, 3.8) is 0 Å². The monoisotopic (exact) mass is 133 g/mol. The fourth-order valence-corrected chi connectivity index (χ4v) is 0.508. The Bertz CT molecular complexity index is 174. The van der Waals surface area contributed by atoms with Gasteiger partial charge in [-0.05, 0) is 11.6 Å². The third kappa shape index (κ3) is 0.993. The average molecular weight is 134 g/mol. The number of rotatable bonds is 1. The van der Waals surface area contributed by atoms with Crippen LogP contribution in [-0.2, 0) is 6.61 Å². The number of aliphatic hydroxyl groups is 1. The van der Waals surface area contributed by atoms with Crippen LogP contribution in [0.2, 0.25) is 5.35 Å². The molecular formula is C4H4ClNO2. The summed E-state index contributed by atoms with van der Waals surface area (Å²) in [7, 11) is 0. The summed E-state index contributed by atoms with van der Waals surface area (Å²) in [4.78, 5) is 3.58. The number of halogens is 1. The van der Waals surface area contributed by atoms with Crippen LogP contribution in [0, 0.1) is 0 Å². The molecule has 1 aromatic rings. The van der Waals surface area contributed by atoms with E-state index in [0.29, 0.717) is 5.69 Å². The van der Waals surface area contributed by atoms with E-state index in [1.807, 2.05) is 0 Å². The molecule has 1 heterocycles. The lowest BCUT2D eigenvalue weighted by atomic mass is 10.5. The zero-order chi connectivity index (χ0) is 5.98. The molecule has 1 rings (SSSR count). The second-order valence-corrected chi connectivity index (χ2v) is 1.57. The molecule has 8 heavy (non-hydrogen) atoms. The highest BCUT2D eigenvalue weighted by molar-refractivity contribution is 6.27. The molecule has 44 valence electrons. The topological polar surface area (TPSA) is 46.3 Å². The molecule has 0 aliphatic carbocycles. The van der Waals surface area contributed by atoms with Crippen molar-refractivity contribution in [3.05, 3.63) is 17.3 Å². The Labute approximate surface area is 50.9 Å². The maximum Gasteiger partial charge on any atom is 0.292 e. The van der Waals surface area contributed by atoms with Crippen molar-refractivity contribution >= 4 is 11.6 Å². The number of hydrogen-bond donors (Lipinski definition) is 1. The molecule has 0 spiro atoms. The van der Waals surface area contributed by atoms with E-state index in [1.54, 1.807) is 0 Å². The zero-order valence-electron chi connectivity index (χ0n) is 3.97. The van der Waals surface area contributed by atoms with Gasteiger partial charge in [0, 0.05) is 0 Å². The zero-order valence-corrected chi connectivity index (χ0v) is 4.72. The van der Waals surface area contributed by atoms with E-state index in [0.717, 1.165) is 0 Å². The molecule has 0 amide bonds. The molecule has 0 radical (unpaired) electrons. The molecule has 0 bridgehead atoms. The minimum absolute atomic E-state index is 0.0639. The van der Waals surface area contributed by atoms with E-state index in [9.17, 15) is 0 Å². The molecule has 0 atom stereocenters. The quantitative estimate of drug-likeness (QED) is 0.617. The molecule has 0 aromatic carbocycles. The van der Waals surface area contributed by atoms with E-state index in [1.165, 1.54) is 6.26 Å². The highest BCUT2D eigenvalue weighted by Gasteiger charge is 1.95. The van der Waals surface area contributed by atoms with Crippen LogP contribution in [0.3, 0.4) is 0 Å². The first-order valence-electron chi connectivity index (χ1n) is 2.03. The van der Waals surface area contributed by atoms with E-state index in [-0.39, 0.29) is 12.0 Å². The Hall–Kier alpha value is -0.540. The number of nitrogens with zero attached hydrogens (tertiary/aromatic N) is 1. The number of aliphatic hydroxyl groups excluding tert-OH is 1. The van der Waals surface area contributed by atoms with Crippen LogP contribution in [0.15, 0.2) is 10.7 Å². The largest absolute Gasteiger partial charge is 0.436 e. The molecule has 3 nitrogen and oxygen atoms in total. The summed E-state index contributed by atoms with van der Waals surface area (Å²) >= 11 is 5.25.